The first-order valence-electron chi connectivity index (χ1n) is 7.80. The van der Waals surface area contributed by atoms with Crippen LogP contribution in [0.15, 0.2) is 52.5 Å². The average molecular weight is 339 g/mol. The standard InChI is InChI=1S/C17H17N5OS/c1-12-9-15(22(20-12)13-5-3-2-4-6-13)19-16(23)10-14-11-24-17-18-7-8-21(14)17/h2-6,9,11H,7-8,10H2,1H3,(H,19,23). The smallest absolute Gasteiger partial charge is 0.231 e. The first-order chi connectivity index (χ1) is 11.7. The number of carbonyl (C=O) groups excluding carboxylic acids is 1. The fourth-order valence-corrected chi connectivity index (χ4v) is 3.78. The van der Waals surface area contributed by atoms with Crippen LogP contribution in [0.5, 0.6) is 0 Å². The van der Waals surface area contributed by atoms with Gasteiger partial charge < -0.3 is 10.2 Å². The summed E-state index contributed by atoms with van der Waals surface area (Å²) >= 11 is 1.59. The van der Waals surface area contributed by atoms with Gasteiger partial charge in [0.15, 0.2) is 5.17 Å². The molecule has 0 unspecified atom stereocenters. The van der Waals surface area contributed by atoms with E-state index in [0.29, 0.717) is 12.2 Å². The third kappa shape index (κ3) is 2.82. The molecule has 2 aliphatic heterocycles. The number of anilines is 1. The fraction of sp³-hybridized carbons (Fsp3) is 0.235. The number of nitrogens with zero attached hydrogens (tertiary/aromatic N) is 4. The van der Waals surface area contributed by atoms with Crippen molar-refractivity contribution in [1.82, 2.24) is 14.7 Å². The highest BCUT2D eigenvalue weighted by Crippen LogP contribution is 2.31. The van der Waals surface area contributed by atoms with Gasteiger partial charge >= 0.3 is 0 Å². The van der Waals surface area contributed by atoms with Gasteiger partial charge in [0.25, 0.3) is 0 Å². The second-order valence-electron chi connectivity index (χ2n) is 5.69. The molecular formula is C17H17N5OS. The van der Waals surface area contributed by atoms with Crippen LogP contribution in [0.4, 0.5) is 5.82 Å². The number of para-hydroxylation sites is 1. The molecule has 0 fully saturated rings. The van der Waals surface area contributed by atoms with Crippen LogP contribution in [0.2, 0.25) is 0 Å². The number of aliphatic imine (C=N–C) groups is 1. The summed E-state index contributed by atoms with van der Waals surface area (Å²) in [7, 11) is 0. The molecule has 2 aromatic rings. The van der Waals surface area contributed by atoms with Crippen LogP contribution in [-0.2, 0) is 4.79 Å². The Hall–Kier alpha value is -2.54. The number of carbonyl (C=O) groups is 1. The van der Waals surface area contributed by atoms with E-state index in [-0.39, 0.29) is 5.91 Å². The van der Waals surface area contributed by atoms with Crippen molar-refractivity contribution >= 4 is 28.7 Å². The number of aryl methyl sites for hydroxylation is 1. The van der Waals surface area contributed by atoms with Crippen molar-refractivity contribution in [1.29, 1.82) is 0 Å². The summed E-state index contributed by atoms with van der Waals surface area (Å²) in [6, 6.07) is 11.7. The Kier molecular flexibility index (Phi) is 3.86. The maximum atomic E-state index is 12.5. The third-order valence-corrected chi connectivity index (χ3v) is 4.84. The van der Waals surface area contributed by atoms with Crippen molar-refractivity contribution in [3.05, 3.63) is 53.2 Å². The minimum Gasteiger partial charge on any atom is -0.322 e. The van der Waals surface area contributed by atoms with Crippen LogP contribution < -0.4 is 5.32 Å². The van der Waals surface area contributed by atoms with Crippen molar-refractivity contribution in [3.8, 4) is 5.69 Å². The molecule has 0 bridgehead atoms. The second-order valence-corrected chi connectivity index (χ2v) is 6.52. The Labute approximate surface area is 144 Å². The zero-order valence-electron chi connectivity index (χ0n) is 13.3. The molecule has 122 valence electrons. The van der Waals surface area contributed by atoms with Gasteiger partial charge in [-0.2, -0.15) is 5.10 Å². The molecule has 0 spiro atoms. The zero-order valence-corrected chi connectivity index (χ0v) is 14.1. The number of hydrogen-bond acceptors (Lipinski definition) is 5. The lowest BCUT2D eigenvalue weighted by molar-refractivity contribution is -0.115. The van der Waals surface area contributed by atoms with E-state index in [4.69, 9.17) is 0 Å². The lowest BCUT2D eigenvalue weighted by atomic mass is 10.3. The molecule has 0 saturated heterocycles. The van der Waals surface area contributed by atoms with E-state index in [9.17, 15) is 4.79 Å². The summed E-state index contributed by atoms with van der Waals surface area (Å²) in [6.07, 6.45) is 0.338. The van der Waals surface area contributed by atoms with E-state index in [1.54, 1.807) is 16.4 Å². The average Bonchev–Trinajstić information content (AvgIpc) is 3.26. The number of rotatable bonds is 4. The highest BCUT2D eigenvalue weighted by Gasteiger charge is 2.27. The molecular weight excluding hydrogens is 322 g/mol. The molecule has 1 aromatic heterocycles. The molecule has 0 saturated carbocycles. The van der Waals surface area contributed by atoms with Gasteiger partial charge in [-0.3, -0.25) is 9.79 Å². The molecule has 3 heterocycles. The van der Waals surface area contributed by atoms with Crippen LogP contribution in [-0.4, -0.2) is 38.8 Å². The largest absolute Gasteiger partial charge is 0.322 e. The molecule has 1 aromatic carbocycles. The van der Waals surface area contributed by atoms with Gasteiger partial charge in [-0.05, 0) is 24.5 Å². The molecule has 0 atom stereocenters. The Morgan fingerprint density at radius 1 is 1.33 bits per heavy atom. The topological polar surface area (TPSA) is 62.5 Å². The Morgan fingerprint density at radius 2 is 2.17 bits per heavy atom. The highest BCUT2D eigenvalue weighted by atomic mass is 32.2. The molecule has 6 nitrogen and oxygen atoms in total. The molecule has 1 amide bonds. The van der Waals surface area contributed by atoms with Crippen molar-refractivity contribution < 1.29 is 4.79 Å². The predicted molar refractivity (Wildman–Crippen MR) is 96.2 cm³/mol. The molecule has 1 N–H and O–H groups in total. The molecule has 0 aliphatic carbocycles. The summed E-state index contributed by atoms with van der Waals surface area (Å²) in [5.74, 6) is 0.636. The van der Waals surface area contributed by atoms with E-state index in [0.717, 1.165) is 35.3 Å². The van der Waals surface area contributed by atoms with Gasteiger partial charge in [-0.15, -0.1) is 0 Å². The lowest BCUT2D eigenvalue weighted by Crippen LogP contribution is -2.24. The second kappa shape index (κ2) is 6.16. The number of aromatic nitrogens is 2. The normalized spacial score (nSPS) is 16.0. The first-order valence-corrected chi connectivity index (χ1v) is 8.68. The molecule has 2 aliphatic rings. The Balaban J connectivity index is 1.50. The fourth-order valence-electron chi connectivity index (χ4n) is 2.82. The quantitative estimate of drug-likeness (QED) is 0.930. The van der Waals surface area contributed by atoms with Crippen molar-refractivity contribution in [3.63, 3.8) is 0 Å². The van der Waals surface area contributed by atoms with E-state index in [1.807, 2.05) is 48.7 Å². The number of thioether (sulfide) groups is 1. The van der Waals surface area contributed by atoms with Crippen LogP contribution in [0, 0.1) is 6.92 Å². The molecule has 4 rings (SSSR count). The van der Waals surface area contributed by atoms with Gasteiger partial charge in [0.2, 0.25) is 5.91 Å². The number of amides is 1. The van der Waals surface area contributed by atoms with Crippen LogP contribution in [0.3, 0.4) is 0 Å². The summed E-state index contributed by atoms with van der Waals surface area (Å²) in [4.78, 5) is 19.0. The summed E-state index contributed by atoms with van der Waals surface area (Å²) in [5, 5.41) is 10.5. The maximum Gasteiger partial charge on any atom is 0.231 e. The van der Waals surface area contributed by atoms with Crippen LogP contribution in [0.1, 0.15) is 12.1 Å². The van der Waals surface area contributed by atoms with Crippen LogP contribution in [0.25, 0.3) is 5.69 Å². The van der Waals surface area contributed by atoms with Crippen molar-refractivity contribution in [2.45, 2.75) is 13.3 Å². The lowest BCUT2D eigenvalue weighted by Gasteiger charge is -2.16. The zero-order chi connectivity index (χ0) is 16.5. The monoisotopic (exact) mass is 339 g/mol. The minimum atomic E-state index is -0.0490. The number of amidine groups is 1. The Bertz CT molecular complexity index is 840. The van der Waals surface area contributed by atoms with E-state index >= 15 is 0 Å². The van der Waals surface area contributed by atoms with E-state index in [1.165, 1.54) is 0 Å². The predicted octanol–water partition coefficient (Wildman–Crippen LogP) is 2.77. The number of fused-ring (bicyclic) bond motifs is 1. The van der Waals surface area contributed by atoms with Gasteiger partial charge in [0.1, 0.15) is 5.82 Å². The maximum absolute atomic E-state index is 12.5. The van der Waals surface area contributed by atoms with Gasteiger partial charge in [0, 0.05) is 18.3 Å². The number of benzene rings is 1. The summed E-state index contributed by atoms with van der Waals surface area (Å²) in [6.45, 7) is 3.59. The number of nitrogens with one attached hydrogen (secondary N) is 1. The third-order valence-electron chi connectivity index (χ3n) is 3.89. The highest BCUT2D eigenvalue weighted by molar-refractivity contribution is 8.16. The molecule has 7 heteroatoms. The van der Waals surface area contributed by atoms with Crippen molar-refractivity contribution in [2.75, 3.05) is 18.4 Å². The van der Waals surface area contributed by atoms with Gasteiger partial charge in [-0.1, -0.05) is 30.0 Å². The number of hydrogen-bond donors (Lipinski definition) is 1. The van der Waals surface area contributed by atoms with Gasteiger partial charge in [-0.25, -0.2) is 4.68 Å². The summed E-state index contributed by atoms with van der Waals surface area (Å²) < 4.78 is 1.76. The summed E-state index contributed by atoms with van der Waals surface area (Å²) in [5.41, 5.74) is 2.79. The molecule has 24 heavy (non-hydrogen) atoms. The first kappa shape index (κ1) is 15.0. The van der Waals surface area contributed by atoms with E-state index in [2.05, 4.69) is 20.3 Å². The SMILES string of the molecule is Cc1cc(NC(=O)CC2=CSC3=NCCN23)n(-c2ccccc2)n1. The van der Waals surface area contributed by atoms with E-state index < -0.39 is 0 Å². The van der Waals surface area contributed by atoms with Gasteiger partial charge in [0.05, 0.1) is 24.3 Å². The Morgan fingerprint density at radius 3 is 3.00 bits per heavy atom. The van der Waals surface area contributed by atoms with Crippen molar-refractivity contribution in [2.24, 2.45) is 4.99 Å². The van der Waals surface area contributed by atoms with Crippen LogP contribution >= 0.6 is 11.8 Å². The minimum absolute atomic E-state index is 0.0490. The molecule has 0 radical (unpaired) electrons.